The first-order valence-corrected chi connectivity index (χ1v) is 8.75. The molecule has 1 saturated heterocycles. The van der Waals surface area contributed by atoms with Crippen LogP contribution in [0.3, 0.4) is 0 Å². The van der Waals surface area contributed by atoms with Gasteiger partial charge >= 0.3 is 0 Å². The Bertz CT molecular complexity index is 527. The topological polar surface area (TPSA) is 66.6 Å². The Morgan fingerprint density at radius 2 is 2.21 bits per heavy atom. The molecule has 1 aromatic rings. The predicted molar refractivity (Wildman–Crippen MR) is 77.7 cm³/mol. The second kappa shape index (κ2) is 5.88. The van der Waals surface area contributed by atoms with Crippen molar-refractivity contribution in [2.24, 2.45) is 5.73 Å². The second-order valence-electron chi connectivity index (χ2n) is 5.06. The van der Waals surface area contributed by atoms with Gasteiger partial charge in [0.1, 0.15) is 4.21 Å². The summed E-state index contributed by atoms with van der Waals surface area (Å²) in [5.41, 5.74) is 6.42. The number of nitrogens with zero attached hydrogens (tertiary/aromatic N) is 2. The lowest BCUT2D eigenvalue weighted by Crippen LogP contribution is -2.41. The lowest BCUT2D eigenvalue weighted by atomic mass is 10.3. The molecule has 5 nitrogen and oxygen atoms in total. The van der Waals surface area contributed by atoms with Crippen LogP contribution in [0.5, 0.6) is 0 Å². The van der Waals surface area contributed by atoms with Gasteiger partial charge in [0.05, 0.1) is 0 Å². The van der Waals surface area contributed by atoms with Gasteiger partial charge in [0.2, 0.25) is 0 Å². The molecule has 1 aliphatic heterocycles. The highest BCUT2D eigenvalue weighted by Gasteiger charge is 2.32. The summed E-state index contributed by atoms with van der Waals surface area (Å²) >= 11 is 1.26. The molecule has 1 aliphatic rings. The summed E-state index contributed by atoms with van der Waals surface area (Å²) in [6.45, 7) is 4.65. The molecular formula is C12H21N3O2S2. The van der Waals surface area contributed by atoms with Gasteiger partial charge in [-0.3, -0.25) is 0 Å². The molecule has 0 radical (unpaired) electrons. The number of hydrogen-bond donors (Lipinski definition) is 1. The SMILES string of the molecule is CC1CN(C)CCCN1S(=O)(=O)c1cc(CN)cs1. The van der Waals surface area contributed by atoms with Gasteiger partial charge in [-0.15, -0.1) is 11.3 Å². The average molecular weight is 303 g/mol. The molecule has 0 spiro atoms. The van der Waals surface area contributed by atoms with Crippen LogP contribution in [0.2, 0.25) is 0 Å². The van der Waals surface area contributed by atoms with E-state index in [1.54, 1.807) is 10.4 Å². The van der Waals surface area contributed by atoms with Crippen LogP contribution in [-0.2, 0) is 16.6 Å². The first-order valence-electron chi connectivity index (χ1n) is 6.43. The average Bonchev–Trinajstić information content (AvgIpc) is 2.76. The summed E-state index contributed by atoms with van der Waals surface area (Å²) in [7, 11) is -1.35. The molecule has 0 saturated carbocycles. The maximum Gasteiger partial charge on any atom is 0.252 e. The van der Waals surface area contributed by atoms with Crippen molar-refractivity contribution < 1.29 is 8.42 Å². The minimum atomic E-state index is -3.38. The molecule has 2 N–H and O–H groups in total. The van der Waals surface area contributed by atoms with E-state index in [-0.39, 0.29) is 6.04 Å². The van der Waals surface area contributed by atoms with Gasteiger partial charge in [0.25, 0.3) is 10.0 Å². The summed E-state index contributed by atoms with van der Waals surface area (Å²) in [6.07, 6.45) is 0.870. The minimum Gasteiger partial charge on any atom is -0.326 e. The number of likely N-dealkylation sites (N-methyl/N-ethyl adjacent to an activating group) is 1. The van der Waals surface area contributed by atoms with Gasteiger partial charge in [-0.2, -0.15) is 4.31 Å². The van der Waals surface area contributed by atoms with Crippen LogP contribution in [0.4, 0.5) is 0 Å². The standard InChI is InChI=1S/C12H21N3O2S2/c1-10-8-14(2)4-3-5-15(10)19(16,17)12-6-11(7-13)9-18-12/h6,9-10H,3-5,7-8,13H2,1-2H3. The Morgan fingerprint density at radius 1 is 1.47 bits per heavy atom. The van der Waals surface area contributed by atoms with Gasteiger partial charge in [0.15, 0.2) is 0 Å². The number of nitrogens with two attached hydrogens (primary N) is 1. The van der Waals surface area contributed by atoms with E-state index in [0.29, 0.717) is 17.3 Å². The van der Waals surface area contributed by atoms with Crippen molar-refractivity contribution in [1.82, 2.24) is 9.21 Å². The largest absolute Gasteiger partial charge is 0.326 e. The highest BCUT2D eigenvalue weighted by atomic mass is 32.2. The third kappa shape index (κ3) is 3.17. The van der Waals surface area contributed by atoms with Gasteiger partial charge < -0.3 is 10.6 Å². The fourth-order valence-corrected chi connectivity index (χ4v) is 5.43. The van der Waals surface area contributed by atoms with E-state index in [4.69, 9.17) is 5.73 Å². The molecule has 2 rings (SSSR count). The highest BCUT2D eigenvalue weighted by Crippen LogP contribution is 2.26. The zero-order valence-electron chi connectivity index (χ0n) is 11.4. The number of rotatable bonds is 3. The number of sulfonamides is 1. The monoisotopic (exact) mass is 303 g/mol. The fourth-order valence-electron chi connectivity index (χ4n) is 2.42. The van der Waals surface area contributed by atoms with Crippen molar-refractivity contribution in [2.75, 3.05) is 26.7 Å². The Kier molecular flexibility index (Phi) is 4.62. The van der Waals surface area contributed by atoms with Gasteiger partial charge in [-0.05, 0) is 43.9 Å². The number of thiophene rings is 1. The van der Waals surface area contributed by atoms with Crippen LogP contribution in [0.1, 0.15) is 18.9 Å². The summed E-state index contributed by atoms with van der Waals surface area (Å²) in [6, 6.07) is 1.70. The Labute approximate surface area is 119 Å². The van der Waals surface area contributed by atoms with E-state index in [9.17, 15) is 8.42 Å². The maximum atomic E-state index is 12.7. The van der Waals surface area contributed by atoms with Gasteiger partial charge in [0, 0.05) is 25.7 Å². The molecule has 7 heteroatoms. The minimum absolute atomic E-state index is 0.000858. The van der Waals surface area contributed by atoms with Gasteiger partial charge in [-0.1, -0.05) is 0 Å². The summed E-state index contributed by atoms with van der Waals surface area (Å²) in [5.74, 6) is 0. The molecular weight excluding hydrogens is 282 g/mol. The molecule has 0 bridgehead atoms. The highest BCUT2D eigenvalue weighted by molar-refractivity contribution is 7.91. The molecule has 0 aliphatic carbocycles. The zero-order chi connectivity index (χ0) is 14.0. The van der Waals surface area contributed by atoms with E-state index in [0.717, 1.165) is 25.1 Å². The molecule has 1 fully saturated rings. The molecule has 0 amide bonds. The summed E-state index contributed by atoms with van der Waals surface area (Å²) in [4.78, 5) is 2.18. The predicted octanol–water partition coefficient (Wildman–Crippen LogP) is 0.922. The third-order valence-corrected chi connectivity index (χ3v) is 6.89. The normalized spacial score (nSPS) is 23.4. The Balaban J connectivity index is 2.27. The quantitative estimate of drug-likeness (QED) is 0.902. The molecule has 1 aromatic heterocycles. The van der Waals surface area contributed by atoms with Crippen LogP contribution in [0.15, 0.2) is 15.7 Å². The molecule has 108 valence electrons. The van der Waals surface area contributed by atoms with Gasteiger partial charge in [-0.25, -0.2) is 8.42 Å². The van der Waals surface area contributed by atoms with Crippen molar-refractivity contribution in [2.45, 2.75) is 30.1 Å². The van der Waals surface area contributed by atoms with Crippen LogP contribution in [0.25, 0.3) is 0 Å². The lowest BCUT2D eigenvalue weighted by Gasteiger charge is -2.26. The van der Waals surface area contributed by atoms with Crippen LogP contribution >= 0.6 is 11.3 Å². The molecule has 0 aromatic carbocycles. The molecule has 1 atom stereocenters. The molecule has 2 heterocycles. The van der Waals surface area contributed by atoms with Crippen molar-refractivity contribution in [3.8, 4) is 0 Å². The first-order chi connectivity index (χ1) is 8.95. The number of hydrogen-bond acceptors (Lipinski definition) is 5. The summed E-state index contributed by atoms with van der Waals surface area (Å²) in [5, 5.41) is 1.82. The Hall–Kier alpha value is -0.470. The maximum absolute atomic E-state index is 12.7. The Morgan fingerprint density at radius 3 is 2.84 bits per heavy atom. The van der Waals surface area contributed by atoms with Crippen molar-refractivity contribution in [1.29, 1.82) is 0 Å². The van der Waals surface area contributed by atoms with Crippen LogP contribution < -0.4 is 5.73 Å². The summed E-state index contributed by atoms with van der Waals surface area (Å²) < 4.78 is 27.4. The fraction of sp³-hybridized carbons (Fsp3) is 0.667. The zero-order valence-corrected chi connectivity index (χ0v) is 13.0. The van der Waals surface area contributed by atoms with Crippen molar-refractivity contribution in [3.63, 3.8) is 0 Å². The van der Waals surface area contributed by atoms with Crippen molar-refractivity contribution >= 4 is 21.4 Å². The molecule has 1 unspecified atom stereocenters. The van der Waals surface area contributed by atoms with Crippen LogP contribution in [-0.4, -0.2) is 50.3 Å². The first kappa shape index (κ1) is 14.9. The molecule has 19 heavy (non-hydrogen) atoms. The van der Waals surface area contributed by atoms with E-state index < -0.39 is 10.0 Å². The van der Waals surface area contributed by atoms with E-state index in [1.165, 1.54) is 11.3 Å². The van der Waals surface area contributed by atoms with Crippen molar-refractivity contribution in [3.05, 3.63) is 17.0 Å². The second-order valence-corrected chi connectivity index (χ2v) is 8.09. The smallest absolute Gasteiger partial charge is 0.252 e. The lowest BCUT2D eigenvalue weighted by molar-refractivity contribution is 0.291. The van der Waals surface area contributed by atoms with E-state index in [2.05, 4.69) is 4.90 Å². The van der Waals surface area contributed by atoms with Crippen LogP contribution in [0, 0.1) is 0 Å². The van der Waals surface area contributed by atoms with E-state index in [1.807, 2.05) is 19.4 Å². The van der Waals surface area contributed by atoms with E-state index >= 15 is 0 Å². The third-order valence-electron chi connectivity index (χ3n) is 3.41.